The lowest BCUT2D eigenvalue weighted by atomic mass is 10.1. The first-order valence-electron chi connectivity index (χ1n) is 9.02. The Morgan fingerprint density at radius 3 is 2.71 bits per heavy atom. The molecule has 1 aromatic carbocycles. The Kier molecular flexibility index (Phi) is 3.95. The van der Waals surface area contributed by atoms with Crippen LogP contribution in [0.4, 0.5) is 0 Å². The maximum atomic E-state index is 10.5. The summed E-state index contributed by atoms with van der Waals surface area (Å²) < 4.78 is 13.4. The minimum atomic E-state index is -1.20. The van der Waals surface area contributed by atoms with Gasteiger partial charge < -0.3 is 29.0 Å². The molecule has 1 fully saturated rings. The summed E-state index contributed by atoms with van der Waals surface area (Å²) >= 11 is 0. The summed E-state index contributed by atoms with van der Waals surface area (Å²) in [5, 5.41) is 31.7. The van der Waals surface area contributed by atoms with Crippen molar-refractivity contribution in [3.63, 3.8) is 0 Å². The lowest BCUT2D eigenvalue weighted by Crippen LogP contribution is -2.33. The van der Waals surface area contributed by atoms with Crippen molar-refractivity contribution in [1.29, 1.82) is 0 Å². The quantitative estimate of drug-likeness (QED) is 0.495. The number of aryl methyl sites for hydroxylation is 1. The average molecular weight is 381 g/mol. The Balaban J connectivity index is 1.71. The topological polar surface area (TPSA) is 114 Å². The zero-order chi connectivity index (χ0) is 19.4. The highest BCUT2D eigenvalue weighted by atomic mass is 16.6. The molecule has 1 aliphatic rings. The largest absolute Gasteiger partial charge is 0.456 e. The third-order valence-electron chi connectivity index (χ3n) is 5.28. The van der Waals surface area contributed by atoms with Gasteiger partial charge in [0.1, 0.15) is 41.6 Å². The molecule has 28 heavy (non-hydrogen) atoms. The number of fused-ring (bicyclic) bond motifs is 2. The fourth-order valence-corrected chi connectivity index (χ4v) is 3.84. The molecule has 1 aliphatic heterocycles. The summed E-state index contributed by atoms with van der Waals surface area (Å²) in [7, 11) is 0. The third-order valence-corrected chi connectivity index (χ3v) is 5.28. The number of aromatic nitrogens is 3. The molecular formula is C20H19N3O5. The molecule has 4 atom stereocenters. The number of para-hydroxylation sites is 1. The number of benzene rings is 1. The molecule has 0 amide bonds. The van der Waals surface area contributed by atoms with Crippen LogP contribution in [-0.4, -0.2) is 54.8 Å². The van der Waals surface area contributed by atoms with Crippen molar-refractivity contribution in [2.45, 2.75) is 31.5 Å². The number of nitrogens with zero attached hydrogens (tertiary/aromatic N) is 3. The average Bonchev–Trinajstić information content (AvgIpc) is 3.37. The van der Waals surface area contributed by atoms with Crippen molar-refractivity contribution in [3.8, 4) is 11.3 Å². The Labute approximate surface area is 159 Å². The molecule has 0 aliphatic carbocycles. The van der Waals surface area contributed by atoms with Gasteiger partial charge in [-0.1, -0.05) is 18.2 Å². The lowest BCUT2D eigenvalue weighted by Gasteiger charge is -2.17. The number of rotatable bonds is 3. The first-order chi connectivity index (χ1) is 13.6. The number of aliphatic hydroxyl groups is 3. The number of hydrogen-bond acceptors (Lipinski definition) is 7. The summed E-state index contributed by atoms with van der Waals surface area (Å²) in [4.78, 5) is 8.67. The molecule has 5 rings (SSSR count). The Bertz CT molecular complexity index is 1130. The SMILES string of the molecule is Cc1ncnc2c1c(-c1cc3ccccc3o1)cn2[C@@H]1O[C@H](CO)[C@@H](O)[C@H]1O. The molecule has 0 bridgehead atoms. The lowest BCUT2D eigenvalue weighted by molar-refractivity contribution is -0.0508. The van der Waals surface area contributed by atoms with E-state index in [0.29, 0.717) is 11.4 Å². The van der Waals surface area contributed by atoms with Crippen LogP contribution in [0.5, 0.6) is 0 Å². The molecule has 4 aromatic rings. The minimum absolute atomic E-state index is 0.391. The van der Waals surface area contributed by atoms with Crippen LogP contribution >= 0.6 is 0 Å². The van der Waals surface area contributed by atoms with Gasteiger partial charge in [0, 0.05) is 17.1 Å². The molecule has 8 heteroatoms. The number of ether oxygens (including phenoxy) is 1. The van der Waals surface area contributed by atoms with Crippen molar-refractivity contribution >= 4 is 22.0 Å². The Morgan fingerprint density at radius 2 is 1.96 bits per heavy atom. The zero-order valence-electron chi connectivity index (χ0n) is 15.1. The van der Waals surface area contributed by atoms with E-state index in [1.54, 1.807) is 10.8 Å². The van der Waals surface area contributed by atoms with Crippen LogP contribution in [0.3, 0.4) is 0 Å². The summed E-state index contributed by atoms with van der Waals surface area (Å²) in [6.45, 7) is 1.48. The van der Waals surface area contributed by atoms with E-state index in [4.69, 9.17) is 9.15 Å². The van der Waals surface area contributed by atoms with E-state index < -0.39 is 31.1 Å². The molecule has 0 spiro atoms. The van der Waals surface area contributed by atoms with Crippen LogP contribution in [0.25, 0.3) is 33.3 Å². The van der Waals surface area contributed by atoms with Crippen molar-refractivity contribution in [2.75, 3.05) is 6.61 Å². The Hall–Kier alpha value is -2.78. The fourth-order valence-electron chi connectivity index (χ4n) is 3.84. The number of furan rings is 1. The molecule has 0 saturated carbocycles. The minimum Gasteiger partial charge on any atom is -0.456 e. The highest BCUT2D eigenvalue weighted by molar-refractivity contribution is 5.96. The van der Waals surface area contributed by atoms with Crippen LogP contribution < -0.4 is 0 Å². The molecule has 3 N–H and O–H groups in total. The highest BCUT2D eigenvalue weighted by Gasteiger charge is 2.44. The van der Waals surface area contributed by atoms with Gasteiger partial charge in [0.2, 0.25) is 0 Å². The molecular weight excluding hydrogens is 362 g/mol. The van der Waals surface area contributed by atoms with E-state index in [2.05, 4.69) is 9.97 Å². The Morgan fingerprint density at radius 1 is 1.14 bits per heavy atom. The van der Waals surface area contributed by atoms with Gasteiger partial charge in [-0.2, -0.15) is 0 Å². The van der Waals surface area contributed by atoms with Crippen molar-refractivity contribution < 1.29 is 24.5 Å². The van der Waals surface area contributed by atoms with E-state index >= 15 is 0 Å². The zero-order valence-corrected chi connectivity index (χ0v) is 15.1. The van der Waals surface area contributed by atoms with Gasteiger partial charge in [0.05, 0.1) is 17.7 Å². The molecule has 0 radical (unpaired) electrons. The summed E-state index contributed by atoms with van der Waals surface area (Å²) in [5.41, 5.74) is 2.84. The van der Waals surface area contributed by atoms with Gasteiger partial charge in [0.25, 0.3) is 0 Å². The number of hydrogen-bond donors (Lipinski definition) is 3. The van der Waals surface area contributed by atoms with Crippen LogP contribution in [0, 0.1) is 6.92 Å². The van der Waals surface area contributed by atoms with E-state index in [-0.39, 0.29) is 0 Å². The second-order valence-electron chi connectivity index (χ2n) is 6.99. The first kappa shape index (κ1) is 17.3. The van der Waals surface area contributed by atoms with Gasteiger partial charge in [-0.25, -0.2) is 9.97 Å². The van der Waals surface area contributed by atoms with Gasteiger partial charge in [-0.05, 0) is 19.1 Å². The monoisotopic (exact) mass is 381 g/mol. The third kappa shape index (κ3) is 2.46. The first-order valence-corrected chi connectivity index (χ1v) is 9.02. The molecule has 0 unspecified atom stereocenters. The van der Waals surface area contributed by atoms with Crippen LogP contribution in [0.1, 0.15) is 11.9 Å². The van der Waals surface area contributed by atoms with E-state index in [1.807, 2.05) is 37.3 Å². The second kappa shape index (κ2) is 6.39. The van der Waals surface area contributed by atoms with Crippen LogP contribution in [0.15, 0.2) is 47.3 Å². The maximum Gasteiger partial charge on any atom is 0.164 e. The summed E-state index contributed by atoms with van der Waals surface area (Å²) in [6.07, 6.45) is -0.920. The molecule has 4 heterocycles. The maximum absolute atomic E-state index is 10.5. The normalized spacial score (nSPS) is 25.1. The van der Waals surface area contributed by atoms with E-state index in [0.717, 1.165) is 27.6 Å². The summed E-state index contributed by atoms with van der Waals surface area (Å²) in [5.74, 6) is 0.648. The van der Waals surface area contributed by atoms with Gasteiger partial charge in [-0.15, -0.1) is 0 Å². The van der Waals surface area contributed by atoms with Gasteiger partial charge in [0.15, 0.2) is 6.23 Å². The smallest absolute Gasteiger partial charge is 0.164 e. The molecule has 8 nitrogen and oxygen atoms in total. The van der Waals surface area contributed by atoms with Crippen LogP contribution in [0.2, 0.25) is 0 Å². The standard InChI is InChI=1S/C20H19N3O5/c1-10-16-12(14-6-11-4-2-3-5-13(11)27-14)7-23(19(16)22-9-21-10)20-18(26)17(25)15(8-24)28-20/h2-7,9,15,17-18,20,24-26H,8H2,1H3/t15-,17-,18-,20-/m1/s1. The van der Waals surface area contributed by atoms with Crippen molar-refractivity contribution in [1.82, 2.24) is 14.5 Å². The molecule has 144 valence electrons. The van der Waals surface area contributed by atoms with E-state index in [1.165, 1.54) is 6.33 Å². The second-order valence-corrected chi connectivity index (χ2v) is 6.99. The predicted molar refractivity (Wildman–Crippen MR) is 100 cm³/mol. The molecule has 3 aromatic heterocycles. The van der Waals surface area contributed by atoms with Gasteiger partial charge >= 0.3 is 0 Å². The van der Waals surface area contributed by atoms with Crippen molar-refractivity contribution in [2.24, 2.45) is 0 Å². The summed E-state index contributed by atoms with van der Waals surface area (Å²) in [6, 6.07) is 9.66. The highest BCUT2D eigenvalue weighted by Crippen LogP contribution is 2.39. The van der Waals surface area contributed by atoms with Crippen LogP contribution in [-0.2, 0) is 4.74 Å². The predicted octanol–water partition coefficient (Wildman–Crippen LogP) is 1.76. The number of aliphatic hydroxyl groups excluding tert-OH is 3. The van der Waals surface area contributed by atoms with Gasteiger partial charge in [-0.3, -0.25) is 0 Å². The van der Waals surface area contributed by atoms with E-state index in [9.17, 15) is 15.3 Å². The fraction of sp³-hybridized carbons (Fsp3) is 0.300. The molecule has 1 saturated heterocycles. The van der Waals surface area contributed by atoms with Crippen molar-refractivity contribution in [3.05, 3.63) is 48.5 Å².